The van der Waals surface area contributed by atoms with Crippen molar-refractivity contribution in [1.29, 1.82) is 0 Å². The molecule has 1 aromatic rings. The number of anilines is 1. The molecule has 1 unspecified atom stereocenters. The van der Waals surface area contributed by atoms with E-state index in [-0.39, 0.29) is 11.8 Å². The molecule has 1 amide bonds. The molecule has 0 spiro atoms. The molecule has 0 aromatic heterocycles. The van der Waals surface area contributed by atoms with Crippen LogP contribution in [0.2, 0.25) is 0 Å². The number of hydrogen-bond acceptors (Lipinski definition) is 2. The largest absolute Gasteiger partial charge is 0.384 e. The summed E-state index contributed by atoms with van der Waals surface area (Å²) in [4.78, 5) is 12.5. The Labute approximate surface area is 120 Å². The Bertz CT molecular complexity index is 507. The van der Waals surface area contributed by atoms with Gasteiger partial charge in [-0.15, -0.1) is 0 Å². The maximum Gasteiger partial charge on any atom is 0.225 e. The van der Waals surface area contributed by atoms with E-state index in [4.69, 9.17) is 0 Å². The second kappa shape index (κ2) is 4.80. The van der Waals surface area contributed by atoms with Gasteiger partial charge in [-0.3, -0.25) is 4.79 Å². The van der Waals surface area contributed by atoms with Gasteiger partial charge in [0.1, 0.15) is 0 Å². The Hall–Kier alpha value is -1.51. The molecule has 3 nitrogen and oxygen atoms in total. The van der Waals surface area contributed by atoms with Crippen molar-refractivity contribution in [3.63, 3.8) is 0 Å². The zero-order valence-electron chi connectivity index (χ0n) is 11.8. The summed E-state index contributed by atoms with van der Waals surface area (Å²) < 4.78 is 0. The molecule has 0 saturated heterocycles. The van der Waals surface area contributed by atoms with Gasteiger partial charge in [-0.25, -0.2) is 0 Å². The van der Waals surface area contributed by atoms with E-state index in [9.17, 15) is 4.79 Å². The Morgan fingerprint density at radius 1 is 1.15 bits per heavy atom. The maximum absolute atomic E-state index is 12.5. The molecule has 1 aromatic carbocycles. The van der Waals surface area contributed by atoms with Crippen molar-refractivity contribution in [2.45, 2.75) is 38.1 Å². The summed E-state index contributed by atoms with van der Waals surface area (Å²) in [7, 11) is 0. The van der Waals surface area contributed by atoms with Crippen LogP contribution in [0.3, 0.4) is 0 Å². The Kier molecular flexibility index (Phi) is 2.94. The molecule has 0 radical (unpaired) electrons. The number of fused-ring (bicyclic) bond motifs is 1. The number of para-hydroxylation sites is 1. The van der Waals surface area contributed by atoms with Crippen LogP contribution in [0.1, 0.15) is 31.2 Å². The van der Waals surface area contributed by atoms with Gasteiger partial charge in [-0.1, -0.05) is 18.2 Å². The van der Waals surface area contributed by atoms with Crippen molar-refractivity contribution in [2.24, 2.45) is 17.8 Å². The standard InChI is InChI=1S/C17H22N2O/c20-17(19-16(11-5-6-11)12-7-8-12)14-9-13-3-1-2-4-15(13)18-10-14/h1-4,11-12,14,16,18H,5-10H2,(H,19,20). The van der Waals surface area contributed by atoms with Crippen LogP contribution in [0.5, 0.6) is 0 Å². The summed E-state index contributed by atoms with van der Waals surface area (Å²) in [5.41, 5.74) is 2.46. The third-order valence-electron chi connectivity index (χ3n) is 4.96. The van der Waals surface area contributed by atoms with Crippen molar-refractivity contribution >= 4 is 11.6 Å². The van der Waals surface area contributed by atoms with Gasteiger partial charge in [0.2, 0.25) is 5.91 Å². The quantitative estimate of drug-likeness (QED) is 0.883. The summed E-state index contributed by atoms with van der Waals surface area (Å²) in [6, 6.07) is 8.79. The first-order valence-corrected chi connectivity index (χ1v) is 7.93. The zero-order chi connectivity index (χ0) is 13.5. The second-order valence-corrected chi connectivity index (χ2v) is 6.65. The van der Waals surface area contributed by atoms with Crippen LogP contribution < -0.4 is 10.6 Å². The molecule has 1 atom stereocenters. The minimum atomic E-state index is 0.0879. The van der Waals surface area contributed by atoms with E-state index >= 15 is 0 Å². The number of hydrogen-bond donors (Lipinski definition) is 2. The van der Waals surface area contributed by atoms with Gasteiger partial charge in [-0.2, -0.15) is 0 Å². The molecule has 20 heavy (non-hydrogen) atoms. The minimum Gasteiger partial charge on any atom is -0.384 e. The summed E-state index contributed by atoms with van der Waals surface area (Å²) in [5.74, 6) is 1.89. The molecule has 4 rings (SSSR count). The summed E-state index contributed by atoms with van der Waals surface area (Å²) in [5, 5.41) is 6.76. The number of benzene rings is 1. The van der Waals surface area contributed by atoms with E-state index < -0.39 is 0 Å². The van der Waals surface area contributed by atoms with Crippen LogP contribution in [0.15, 0.2) is 24.3 Å². The van der Waals surface area contributed by atoms with Gasteiger partial charge in [-0.05, 0) is 55.6 Å². The molecule has 106 valence electrons. The lowest BCUT2D eigenvalue weighted by atomic mass is 9.92. The number of carbonyl (C=O) groups is 1. The van der Waals surface area contributed by atoms with Gasteiger partial charge >= 0.3 is 0 Å². The molecule has 3 heteroatoms. The van der Waals surface area contributed by atoms with Gasteiger partial charge < -0.3 is 10.6 Å². The molecule has 1 aliphatic heterocycles. The van der Waals surface area contributed by atoms with E-state index in [1.54, 1.807) is 0 Å². The van der Waals surface area contributed by atoms with Crippen molar-refractivity contribution in [1.82, 2.24) is 5.32 Å². The fraction of sp³-hybridized carbons (Fsp3) is 0.588. The van der Waals surface area contributed by atoms with Crippen LogP contribution in [0, 0.1) is 17.8 Å². The summed E-state index contributed by atoms with van der Waals surface area (Å²) in [6.45, 7) is 0.769. The smallest absolute Gasteiger partial charge is 0.225 e. The molecule has 2 fully saturated rings. The Morgan fingerprint density at radius 3 is 2.55 bits per heavy atom. The predicted molar refractivity (Wildman–Crippen MR) is 79.5 cm³/mol. The highest BCUT2D eigenvalue weighted by molar-refractivity contribution is 5.81. The van der Waals surface area contributed by atoms with E-state index in [0.29, 0.717) is 6.04 Å². The number of carbonyl (C=O) groups excluding carboxylic acids is 1. The SMILES string of the molecule is O=C(NC(C1CC1)C1CC1)C1CNc2ccccc2C1. The number of amides is 1. The number of nitrogens with one attached hydrogen (secondary N) is 2. The van der Waals surface area contributed by atoms with Crippen molar-refractivity contribution in [3.05, 3.63) is 29.8 Å². The molecule has 2 aliphatic carbocycles. The third kappa shape index (κ3) is 2.41. The molecular weight excluding hydrogens is 248 g/mol. The zero-order valence-corrected chi connectivity index (χ0v) is 11.8. The van der Waals surface area contributed by atoms with Crippen molar-refractivity contribution in [3.8, 4) is 0 Å². The van der Waals surface area contributed by atoms with Crippen LogP contribution in [0.4, 0.5) is 5.69 Å². The average Bonchev–Trinajstić information content (AvgIpc) is 3.37. The normalized spacial score (nSPS) is 24.9. The first kappa shape index (κ1) is 12.2. The molecule has 2 N–H and O–H groups in total. The lowest BCUT2D eigenvalue weighted by Crippen LogP contribution is -2.45. The van der Waals surface area contributed by atoms with Gasteiger partial charge in [0, 0.05) is 18.3 Å². The summed E-state index contributed by atoms with van der Waals surface area (Å²) >= 11 is 0. The summed E-state index contributed by atoms with van der Waals surface area (Å²) in [6.07, 6.45) is 6.12. The van der Waals surface area contributed by atoms with Crippen LogP contribution in [-0.2, 0) is 11.2 Å². The highest BCUT2D eigenvalue weighted by Gasteiger charge is 2.43. The predicted octanol–water partition coefficient (Wildman–Crippen LogP) is 2.58. The Morgan fingerprint density at radius 2 is 1.85 bits per heavy atom. The fourth-order valence-corrected chi connectivity index (χ4v) is 3.44. The molecule has 0 bridgehead atoms. The van der Waals surface area contributed by atoms with Crippen molar-refractivity contribution in [2.75, 3.05) is 11.9 Å². The van der Waals surface area contributed by atoms with Crippen LogP contribution >= 0.6 is 0 Å². The van der Waals surface area contributed by atoms with E-state index in [1.165, 1.54) is 36.9 Å². The first-order valence-electron chi connectivity index (χ1n) is 7.93. The van der Waals surface area contributed by atoms with Crippen LogP contribution in [0.25, 0.3) is 0 Å². The first-order chi connectivity index (χ1) is 9.81. The molecule has 2 saturated carbocycles. The second-order valence-electron chi connectivity index (χ2n) is 6.65. The van der Waals surface area contributed by atoms with E-state index in [2.05, 4.69) is 28.8 Å². The topological polar surface area (TPSA) is 41.1 Å². The minimum absolute atomic E-state index is 0.0879. The maximum atomic E-state index is 12.5. The third-order valence-corrected chi connectivity index (χ3v) is 4.96. The monoisotopic (exact) mass is 270 g/mol. The average molecular weight is 270 g/mol. The molecular formula is C17H22N2O. The van der Waals surface area contributed by atoms with Gasteiger partial charge in [0.15, 0.2) is 0 Å². The highest BCUT2D eigenvalue weighted by atomic mass is 16.2. The van der Waals surface area contributed by atoms with Gasteiger partial charge in [0.25, 0.3) is 0 Å². The fourth-order valence-electron chi connectivity index (χ4n) is 3.44. The van der Waals surface area contributed by atoms with E-state index in [1.807, 2.05) is 6.07 Å². The lowest BCUT2D eigenvalue weighted by molar-refractivity contribution is -0.125. The molecule has 3 aliphatic rings. The van der Waals surface area contributed by atoms with Gasteiger partial charge in [0.05, 0.1) is 5.92 Å². The van der Waals surface area contributed by atoms with E-state index in [0.717, 1.165) is 24.8 Å². The highest BCUT2D eigenvalue weighted by Crippen LogP contribution is 2.44. The molecule has 1 heterocycles. The lowest BCUT2D eigenvalue weighted by Gasteiger charge is -2.27. The number of rotatable bonds is 4. The van der Waals surface area contributed by atoms with Crippen molar-refractivity contribution < 1.29 is 4.79 Å². The Balaban J connectivity index is 1.41. The van der Waals surface area contributed by atoms with Crippen LogP contribution in [-0.4, -0.2) is 18.5 Å².